The Morgan fingerprint density at radius 3 is 3.00 bits per heavy atom. The molecule has 5 nitrogen and oxygen atoms in total. The summed E-state index contributed by atoms with van der Waals surface area (Å²) >= 11 is 1.48. The van der Waals surface area contributed by atoms with E-state index in [1.807, 2.05) is 25.1 Å². The number of carbonyl (C=O) groups is 1. The van der Waals surface area contributed by atoms with Gasteiger partial charge in [0.15, 0.2) is 5.13 Å². The molecule has 2 heterocycles. The van der Waals surface area contributed by atoms with Gasteiger partial charge in [-0.3, -0.25) is 4.79 Å². The Kier molecular flexibility index (Phi) is 3.55. The summed E-state index contributed by atoms with van der Waals surface area (Å²) in [6.07, 6.45) is 0.772. The number of thiazole rings is 1. The van der Waals surface area contributed by atoms with E-state index in [1.165, 1.54) is 18.3 Å². The minimum Gasteiger partial charge on any atom is -0.493 e. The predicted molar refractivity (Wildman–Crippen MR) is 83.4 cm³/mol. The third-order valence-corrected chi connectivity index (χ3v) is 4.31. The van der Waals surface area contributed by atoms with Gasteiger partial charge in [-0.2, -0.15) is 0 Å². The van der Waals surface area contributed by atoms with E-state index in [0.29, 0.717) is 11.7 Å². The Hall–Kier alpha value is -2.08. The number of nitrogens with one attached hydrogen (secondary N) is 1. The smallest absolute Gasteiger partial charge is 0.217 e. The molecule has 0 fully saturated rings. The van der Waals surface area contributed by atoms with E-state index in [1.54, 1.807) is 0 Å². The molecule has 1 unspecified atom stereocenters. The lowest BCUT2D eigenvalue weighted by Gasteiger charge is -2.26. The van der Waals surface area contributed by atoms with Gasteiger partial charge in [0, 0.05) is 29.3 Å². The third kappa shape index (κ3) is 2.71. The van der Waals surface area contributed by atoms with Gasteiger partial charge in [-0.25, -0.2) is 4.98 Å². The van der Waals surface area contributed by atoms with Gasteiger partial charge < -0.3 is 15.8 Å². The van der Waals surface area contributed by atoms with E-state index >= 15 is 0 Å². The average molecular weight is 303 g/mol. The van der Waals surface area contributed by atoms with Crippen molar-refractivity contribution >= 4 is 22.4 Å². The molecule has 1 aromatic carbocycles. The Morgan fingerprint density at radius 2 is 2.33 bits per heavy atom. The fraction of sp³-hybridized carbons (Fsp3) is 0.333. The van der Waals surface area contributed by atoms with Gasteiger partial charge in [0.05, 0.1) is 18.3 Å². The van der Waals surface area contributed by atoms with Crippen LogP contribution in [0.2, 0.25) is 0 Å². The SMILES string of the molecule is CC(=O)NC1CCOc2ccc(-c3nc(N)sc3C)cc21. The Balaban J connectivity index is 2.02. The van der Waals surface area contributed by atoms with E-state index in [-0.39, 0.29) is 11.9 Å². The highest BCUT2D eigenvalue weighted by Crippen LogP contribution is 2.37. The number of anilines is 1. The first-order chi connectivity index (χ1) is 10.0. The van der Waals surface area contributed by atoms with Crippen molar-refractivity contribution in [3.63, 3.8) is 0 Å². The van der Waals surface area contributed by atoms with Crippen molar-refractivity contribution in [3.05, 3.63) is 28.6 Å². The number of amides is 1. The van der Waals surface area contributed by atoms with Gasteiger partial charge in [0.1, 0.15) is 5.75 Å². The molecule has 6 heteroatoms. The molecule has 0 saturated heterocycles. The van der Waals surface area contributed by atoms with Crippen molar-refractivity contribution in [1.82, 2.24) is 10.3 Å². The number of benzene rings is 1. The number of ether oxygens (including phenoxy) is 1. The number of fused-ring (bicyclic) bond motifs is 1. The first kappa shape index (κ1) is 13.9. The quantitative estimate of drug-likeness (QED) is 0.894. The van der Waals surface area contributed by atoms with Crippen LogP contribution in [0.5, 0.6) is 5.75 Å². The predicted octanol–water partition coefficient (Wildman–Crippen LogP) is 2.66. The molecule has 0 saturated carbocycles. The van der Waals surface area contributed by atoms with Crippen molar-refractivity contribution in [2.24, 2.45) is 0 Å². The zero-order valence-electron chi connectivity index (χ0n) is 12.0. The van der Waals surface area contributed by atoms with Gasteiger partial charge in [0.2, 0.25) is 5.91 Å². The van der Waals surface area contributed by atoms with Gasteiger partial charge in [0.25, 0.3) is 0 Å². The van der Waals surface area contributed by atoms with Crippen LogP contribution in [-0.4, -0.2) is 17.5 Å². The van der Waals surface area contributed by atoms with E-state index < -0.39 is 0 Å². The van der Waals surface area contributed by atoms with E-state index in [9.17, 15) is 4.79 Å². The van der Waals surface area contributed by atoms with E-state index in [0.717, 1.165) is 33.9 Å². The maximum Gasteiger partial charge on any atom is 0.217 e. The Labute approximate surface area is 127 Å². The molecular formula is C15H17N3O2S. The van der Waals surface area contributed by atoms with Crippen molar-refractivity contribution in [2.45, 2.75) is 26.3 Å². The highest BCUT2D eigenvalue weighted by Gasteiger charge is 2.23. The molecule has 2 aromatic rings. The topological polar surface area (TPSA) is 77.2 Å². The largest absolute Gasteiger partial charge is 0.493 e. The van der Waals surface area contributed by atoms with E-state index in [4.69, 9.17) is 10.5 Å². The normalized spacial score (nSPS) is 17.0. The molecule has 0 spiro atoms. The maximum absolute atomic E-state index is 11.4. The second-order valence-electron chi connectivity index (χ2n) is 5.10. The summed E-state index contributed by atoms with van der Waals surface area (Å²) < 4.78 is 5.67. The van der Waals surface area contributed by atoms with Crippen LogP contribution in [0.1, 0.15) is 29.8 Å². The summed E-state index contributed by atoms with van der Waals surface area (Å²) in [7, 11) is 0. The summed E-state index contributed by atoms with van der Waals surface area (Å²) in [5.74, 6) is 0.789. The number of aryl methyl sites for hydroxylation is 1. The third-order valence-electron chi connectivity index (χ3n) is 3.51. The minimum atomic E-state index is -0.0349. The Bertz CT molecular complexity index is 696. The summed E-state index contributed by atoms with van der Waals surface area (Å²) in [5.41, 5.74) is 8.67. The molecular weight excluding hydrogens is 286 g/mol. The molecule has 1 atom stereocenters. The first-order valence-electron chi connectivity index (χ1n) is 6.81. The highest BCUT2D eigenvalue weighted by molar-refractivity contribution is 7.15. The van der Waals surface area contributed by atoms with Crippen LogP contribution in [0.3, 0.4) is 0 Å². The lowest BCUT2D eigenvalue weighted by molar-refractivity contribution is -0.119. The van der Waals surface area contributed by atoms with Gasteiger partial charge in [-0.1, -0.05) is 0 Å². The zero-order valence-corrected chi connectivity index (χ0v) is 12.8. The van der Waals surface area contributed by atoms with Gasteiger partial charge in [-0.05, 0) is 25.1 Å². The number of hydrogen-bond acceptors (Lipinski definition) is 5. The number of aromatic nitrogens is 1. The zero-order chi connectivity index (χ0) is 15.0. The summed E-state index contributed by atoms with van der Waals surface area (Å²) in [6.45, 7) is 4.15. The van der Waals surface area contributed by atoms with Gasteiger partial charge in [-0.15, -0.1) is 11.3 Å². The highest BCUT2D eigenvalue weighted by atomic mass is 32.1. The molecule has 0 aliphatic carbocycles. The van der Waals surface area contributed by atoms with Crippen LogP contribution >= 0.6 is 11.3 Å². The number of nitrogens with two attached hydrogens (primary N) is 1. The van der Waals surface area contributed by atoms with Crippen LogP contribution in [0.4, 0.5) is 5.13 Å². The number of rotatable bonds is 2. The standard InChI is InChI=1S/C15H17N3O2S/c1-8-14(18-15(16)21-8)10-3-4-13-11(7-10)12(5-6-20-13)17-9(2)19/h3-4,7,12H,5-6H2,1-2H3,(H2,16,18)(H,17,19). The van der Waals surface area contributed by atoms with Crippen LogP contribution in [0.15, 0.2) is 18.2 Å². The molecule has 1 aliphatic rings. The van der Waals surface area contributed by atoms with Crippen LogP contribution < -0.4 is 15.8 Å². The van der Waals surface area contributed by atoms with Crippen molar-refractivity contribution < 1.29 is 9.53 Å². The molecule has 0 bridgehead atoms. The number of nitrogen functional groups attached to an aromatic ring is 1. The minimum absolute atomic E-state index is 0.0116. The van der Waals surface area contributed by atoms with Gasteiger partial charge >= 0.3 is 0 Å². The van der Waals surface area contributed by atoms with Crippen LogP contribution in [-0.2, 0) is 4.79 Å². The molecule has 1 aliphatic heterocycles. The monoisotopic (exact) mass is 303 g/mol. The second-order valence-corrected chi connectivity index (χ2v) is 6.33. The Morgan fingerprint density at radius 1 is 1.52 bits per heavy atom. The summed E-state index contributed by atoms with van der Waals surface area (Å²) in [5, 5.41) is 3.54. The van der Waals surface area contributed by atoms with Crippen molar-refractivity contribution in [1.29, 1.82) is 0 Å². The average Bonchev–Trinajstić information content (AvgIpc) is 2.77. The molecule has 1 amide bonds. The lowest BCUT2D eigenvalue weighted by atomic mass is 9.97. The molecule has 21 heavy (non-hydrogen) atoms. The van der Waals surface area contributed by atoms with Crippen molar-refractivity contribution in [2.75, 3.05) is 12.3 Å². The first-order valence-corrected chi connectivity index (χ1v) is 7.63. The molecule has 0 radical (unpaired) electrons. The summed E-state index contributed by atoms with van der Waals surface area (Å²) in [6, 6.07) is 5.95. The van der Waals surface area contributed by atoms with E-state index in [2.05, 4.69) is 10.3 Å². The number of hydrogen-bond donors (Lipinski definition) is 2. The molecule has 110 valence electrons. The lowest BCUT2D eigenvalue weighted by Crippen LogP contribution is -2.30. The van der Waals surface area contributed by atoms with Crippen LogP contribution in [0.25, 0.3) is 11.3 Å². The van der Waals surface area contributed by atoms with Crippen LogP contribution in [0, 0.1) is 6.92 Å². The number of carbonyl (C=O) groups excluding carboxylic acids is 1. The fourth-order valence-electron chi connectivity index (χ4n) is 2.62. The second kappa shape index (κ2) is 5.37. The maximum atomic E-state index is 11.4. The fourth-order valence-corrected chi connectivity index (χ4v) is 3.33. The molecule has 1 aromatic heterocycles. The number of nitrogens with zero attached hydrogens (tertiary/aromatic N) is 1. The molecule has 3 N–H and O–H groups in total. The molecule has 3 rings (SSSR count). The summed E-state index contributed by atoms with van der Waals surface area (Å²) in [4.78, 5) is 16.8. The van der Waals surface area contributed by atoms with Crippen molar-refractivity contribution in [3.8, 4) is 17.0 Å².